The summed E-state index contributed by atoms with van der Waals surface area (Å²) in [5.41, 5.74) is 2.15. The van der Waals surface area contributed by atoms with Gasteiger partial charge in [-0.05, 0) is 30.3 Å². The molecule has 2 aromatic carbocycles. The quantitative estimate of drug-likeness (QED) is 0.574. The summed E-state index contributed by atoms with van der Waals surface area (Å²) in [5, 5.41) is 5.19. The van der Waals surface area contributed by atoms with Crippen molar-refractivity contribution in [2.75, 3.05) is 11.9 Å². The van der Waals surface area contributed by atoms with Crippen LogP contribution in [0.1, 0.15) is 0 Å². The second-order valence-electron chi connectivity index (χ2n) is 5.67. The molecular formula is C18H13Cl2N5O. The first-order chi connectivity index (χ1) is 12.5. The van der Waals surface area contributed by atoms with Crippen molar-refractivity contribution < 1.29 is 0 Å². The van der Waals surface area contributed by atoms with Crippen LogP contribution in [0.3, 0.4) is 0 Å². The van der Waals surface area contributed by atoms with Gasteiger partial charge in [0.2, 0.25) is 5.95 Å². The molecule has 130 valence electrons. The molecule has 0 unspecified atom stereocenters. The first-order valence-corrected chi connectivity index (χ1v) is 8.52. The van der Waals surface area contributed by atoms with Crippen LogP contribution in [0.4, 0.5) is 11.6 Å². The Kier molecular flexibility index (Phi) is 4.14. The van der Waals surface area contributed by atoms with Crippen molar-refractivity contribution in [3.63, 3.8) is 0 Å². The van der Waals surface area contributed by atoms with Crippen LogP contribution in [0.2, 0.25) is 10.0 Å². The second-order valence-corrected chi connectivity index (χ2v) is 6.49. The number of H-pyrrole nitrogens is 1. The smallest absolute Gasteiger partial charge is 0.278 e. The molecule has 2 heterocycles. The van der Waals surface area contributed by atoms with Crippen LogP contribution < -0.4 is 10.5 Å². The van der Waals surface area contributed by atoms with Crippen molar-refractivity contribution in [1.82, 2.24) is 19.7 Å². The second kappa shape index (κ2) is 6.48. The molecule has 0 aliphatic carbocycles. The summed E-state index contributed by atoms with van der Waals surface area (Å²) < 4.78 is 1.57. The Balaban J connectivity index is 1.81. The number of anilines is 2. The minimum atomic E-state index is -0.279. The SMILES string of the molecule is CN(c1ccc(Cl)c(Cl)c1)c1nc2cnn(-c3ccccc3)c2c(=O)[nH]1. The van der Waals surface area contributed by atoms with Gasteiger partial charge in [-0.2, -0.15) is 5.10 Å². The van der Waals surface area contributed by atoms with Crippen molar-refractivity contribution >= 4 is 45.9 Å². The summed E-state index contributed by atoms with van der Waals surface area (Å²) in [4.78, 5) is 21.7. The van der Waals surface area contributed by atoms with E-state index in [4.69, 9.17) is 23.2 Å². The zero-order valence-electron chi connectivity index (χ0n) is 13.6. The lowest BCUT2D eigenvalue weighted by Gasteiger charge is -2.18. The van der Waals surface area contributed by atoms with E-state index in [9.17, 15) is 4.79 Å². The van der Waals surface area contributed by atoms with Crippen LogP contribution in [0.5, 0.6) is 0 Å². The number of aromatic amines is 1. The fourth-order valence-electron chi connectivity index (χ4n) is 2.68. The summed E-state index contributed by atoms with van der Waals surface area (Å²) in [7, 11) is 1.78. The Morgan fingerprint density at radius 1 is 1.08 bits per heavy atom. The average molecular weight is 386 g/mol. The van der Waals surface area contributed by atoms with Crippen LogP contribution in [-0.2, 0) is 0 Å². The Bertz CT molecular complexity index is 1150. The minimum absolute atomic E-state index is 0.279. The number of benzene rings is 2. The lowest BCUT2D eigenvalue weighted by Crippen LogP contribution is -2.20. The van der Waals surface area contributed by atoms with Crippen LogP contribution >= 0.6 is 23.2 Å². The van der Waals surface area contributed by atoms with Gasteiger partial charge in [0.1, 0.15) is 5.52 Å². The lowest BCUT2D eigenvalue weighted by atomic mass is 10.3. The van der Waals surface area contributed by atoms with E-state index >= 15 is 0 Å². The molecule has 0 saturated heterocycles. The monoisotopic (exact) mass is 385 g/mol. The van der Waals surface area contributed by atoms with Crippen LogP contribution in [-0.4, -0.2) is 26.8 Å². The predicted octanol–water partition coefficient (Wildman–Crippen LogP) is 4.18. The average Bonchev–Trinajstić information content (AvgIpc) is 3.09. The molecule has 0 atom stereocenters. The molecule has 1 N–H and O–H groups in total. The van der Waals surface area contributed by atoms with E-state index in [1.807, 2.05) is 30.3 Å². The highest BCUT2D eigenvalue weighted by Gasteiger charge is 2.15. The summed E-state index contributed by atoms with van der Waals surface area (Å²) in [6.07, 6.45) is 1.57. The molecule has 0 aliphatic heterocycles. The van der Waals surface area contributed by atoms with Crippen molar-refractivity contribution in [2.45, 2.75) is 0 Å². The highest BCUT2D eigenvalue weighted by Crippen LogP contribution is 2.29. The Hall–Kier alpha value is -2.83. The van der Waals surface area contributed by atoms with E-state index in [2.05, 4.69) is 15.1 Å². The highest BCUT2D eigenvalue weighted by atomic mass is 35.5. The normalized spacial score (nSPS) is 11.0. The standard InChI is InChI=1S/C18H13Cl2N5O/c1-24(12-7-8-13(19)14(20)9-12)18-22-15-10-21-25(16(15)17(26)23-18)11-5-3-2-4-6-11/h2-10H,1H3,(H,22,23,26). The molecule has 0 saturated carbocycles. The van der Waals surface area contributed by atoms with Gasteiger partial charge in [-0.15, -0.1) is 0 Å². The van der Waals surface area contributed by atoms with E-state index in [1.54, 1.807) is 41.0 Å². The third kappa shape index (κ3) is 2.83. The topological polar surface area (TPSA) is 66.8 Å². The maximum absolute atomic E-state index is 12.7. The molecule has 26 heavy (non-hydrogen) atoms. The molecule has 0 radical (unpaired) electrons. The number of aromatic nitrogens is 4. The Morgan fingerprint density at radius 3 is 2.58 bits per heavy atom. The first-order valence-electron chi connectivity index (χ1n) is 7.77. The third-order valence-electron chi connectivity index (χ3n) is 4.03. The van der Waals surface area contributed by atoms with Gasteiger partial charge in [0.15, 0.2) is 5.52 Å². The van der Waals surface area contributed by atoms with Gasteiger partial charge >= 0.3 is 0 Å². The summed E-state index contributed by atoms with van der Waals surface area (Å²) in [6.45, 7) is 0. The van der Waals surface area contributed by atoms with E-state index in [0.29, 0.717) is 27.0 Å². The van der Waals surface area contributed by atoms with Gasteiger partial charge in [0.05, 0.1) is 21.9 Å². The van der Waals surface area contributed by atoms with Crippen LogP contribution in [0.15, 0.2) is 59.5 Å². The van der Waals surface area contributed by atoms with Crippen molar-refractivity contribution in [2.24, 2.45) is 0 Å². The first kappa shape index (κ1) is 16.6. The number of fused-ring (bicyclic) bond motifs is 1. The number of nitrogens with zero attached hydrogens (tertiary/aromatic N) is 4. The van der Waals surface area contributed by atoms with Crippen LogP contribution in [0, 0.1) is 0 Å². The van der Waals surface area contributed by atoms with Gasteiger partial charge in [-0.1, -0.05) is 41.4 Å². The summed E-state index contributed by atoms with van der Waals surface area (Å²) >= 11 is 12.0. The fourth-order valence-corrected chi connectivity index (χ4v) is 2.97. The summed E-state index contributed by atoms with van der Waals surface area (Å²) in [5.74, 6) is 0.383. The largest absolute Gasteiger partial charge is 0.315 e. The fraction of sp³-hybridized carbons (Fsp3) is 0.0556. The van der Waals surface area contributed by atoms with Gasteiger partial charge in [-0.3, -0.25) is 9.78 Å². The number of hydrogen-bond acceptors (Lipinski definition) is 4. The third-order valence-corrected chi connectivity index (χ3v) is 4.76. The maximum atomic E-state index is 12.7. The van der Waals surface area contributed by atoms with E-state index in [-0.39, 0.29) is 5.56 Å². The zero-order valence-corrected chi connectivity index (χ0v) is 15.2. The number of rotatable bonds is 3. The van der Waals surface area contributed by atoms with Gasteiger partial charge in [-0.25, -0.2) is 9.67 Å². The molecule has 0 amide bonds. The van der Waals surface area contributed by atoms with Gasteiger partial charge in [0.25, 0.3) is 5.56 Å². The van der Waals surface area contributed by atoms with E-state index in [1.165, 1.54) is 0 Å². The molecule has 0 aliphatic rings. The maximum Gasteiger partial charge on any atom is 0.278 e. The molecule has 6 nitrogen and oxygen atoms in total. The molecule has 4 rings (SSSR count). The van der Waals surface area contributed by atoms with Crippen molar-refractivity contribution in [3.05, 3.63) is 75.1 Å². The van der Waals surface area contributed by atoms with Crippen LogP contribution in [0.25, 0.3) is 16.7 Å². The number of para-hydroxylation sites is 1. The zero-order chi connectivity index (χ0) is 18.3. The molecule has 0 fully saturated rings. The molecular weight excluding hydrogens is 373 g/mol. The van der Waals surface area contributed by atoms with Gasteiger partial charge < -0.3 is 4.90 Å². The minimum Gasteiger partial charge on any atom is -0.315 e. The highest BCUT2D eigenvalue weighted by molar-refractivity contribution is 6.42. The molecule has 2 aromatic heterocycles. The predicted molar refractivity (Wildman–Crippen MR) is 104 cm³/mol. The number of halogens is 2. The number of hydrogen-bond donors (Lipinski definition) is 1. The van der Waals surface area contributed by atoms with Gasteiger partial charge in [0, 0.05) is 12.7 Å². The molecule has 0 spiro atoms. The van der Waals surface area contributed by atoms with E-state index in [0.717, 1.165) is 11.4 Å². The Morgan fingerprint density at radius 2 is 1.85 bits per heavy atom. The number of nitrogens with one attached hydrogen (secondary N) is 1. The molecule has 0 bridgehead atoms. The summed E-state index contributed by atoms with van der Waals surface area (Å²) in [6, 6.07) is 14.6. The Labute approximate surface area is 158 Å². The molecule has 4 aromatic rings. The van der Waals surface area contributed by atoms with Crippen molar-refractivity contribution in [3.8, 4) is 5.69 Å². The lowest BCUT2D eigenvalue weighted by molar-refractivity contribution is 0.902. The van der Waals surface area contributed by atoms with Crippen molar-refractivity contribution in [1.29, 1.82) is 0 Å². The van der Waals surface area contributed by atoms with E-state index < -0.39 is 0 Å². The molecule has 8 heteroatoms.